The summed E-state index contributed by atoms with van der Waals surface area (Å²) in [6.45, 7) is 0. The molecule has 0 spiro atoms. The molecular formula is C15H17NO4. The van der Waals surface area contributed by atoms with Crippen LogP contribution in [0.5, 0.6) is 5.75 Å². The Kier molecular flexibility index (Phi) is 3.69. The molecule has 1 saturated heterocycles. The minimum Gasteiger partial charge on any atom is -0.425 e. The van der Waals surface area contributed by atoms with Gasteiger partial charge in [0.2, 0.25) is 0 Å². The zero-order valence-electron chi connectivity index (χ0n) is 11.1. The van der Waals surface area contributed by atoms with E-state index in [4.69, 9.17) is 9.47 Å². The molecule has 2 unspecified atom stereocenters. The van der Waals surface area contributed by atoms with Crippen molar-refractivity contribution in [3.8, 4) is 5.75 Å². The highest BCUT2D eigenvalue weighted by molar-refractivity contribution is 5.93. The molecule has 3 rings (SSSR count). The van der Waals surface area contributed by atoms with Crippen molar-refractivity contribution in [3.05, 3.63) is 30.3 Å². The number of amides is 1. The zero-order chi connectivity index (χ0) is 13.9. The van der Waals surface area contributed by atoms with Crippen molar-refractivity contribution in [2.24, 2.45) is 0 Å². The lowest BCUT2D eigenvalue weighted by Gasteiger charge is -2.09. The van der Waals surface area contributed by atoms with Gasteiger partial charge in [0.05, 0.1) is 0 Å². The van der Waals surface area contributed by atoms with Crippen molar-refractivity contribution in [1.82, 2.24) is 5.32 Å². The minimum absolute atomic E-state index is 0.202. The van der Waals surface area contributed by atoms with Gasteiger partial charge in [-0.1, -0.05) is 31.0 Å². The second-order valence-corrected chi connectivity index (χ2v) is 5.20. The molecule has 5 nitrogen and oxygen atoms in total. The molecule has 1 amide bonds. The van der Waals surface area contributed by atoms with Gasteiger partial charge in [0.25, 0.3) is 5.91 Å². The normalized spacial score (nSPS) is 25.2. The fraction of sp³-hybridized carbons (Fsp3) is 0.467. The molecule has 5 heteroatoms. The molecule has 1 aromatic rings. The van der Waals surface area contributed by atoms with Crippen LogP contribution >= 0.6 is 0 Å². The smallest absolute Gasteiger partial charge is 0.344 e. The Bertz CT molecular complexity index is 496. The minimum atomic E-state index is -0.767. The summed E-state index contributed by atoms with van der Waals surface area (Å²) < 4.78 is 10.3. The second kappa shape index (κ2) is 5.63. The fourth-order valence-electron chi connectivity index (χ4n) is 2.51. The Balaban J connectivity index is 1.48. The van der Waals surface area contributed by atoms with Gasteiger partial charge in [-0.25, -0.2) is 4.79 Å². The van der Waals surface area contributed by atoms with Gasteiger partial charge < -0.3 is 14.8 Å². The molecular weight excluding hydrogens is 258 g/mol. The molecule has 1 saturated carbocycles. The van der Waals surface area contributed by atoms with Gasteiger partial charge in [-0.2, -0.15) is 0 Å². The number of carbonyl (C=O) groups is 2. The van der Waals surface area contributed by atoms with E-state index in [0.717, 1.165) is 25.7 Å². The first kappa shape index (κ1) is 13.1. The highest BCUT2D eigenvalue weighted by Gasteiger charge is 2.52. The average Bonchev–Trinajstić information content (AvgIpc) is 3.11. The van der Waals surface area contributed by atoms with E-state index in [1.54, 1.807) is 24.3 Å². The van der Waals surface area contributed by atoms with E-state index in [1.807, 2.05) is 6.07 Å². The molecule has 2 fully saturated rings. The highest BCUT2D eigenvalue weighted by atomic mass is 16.6. The van der Waals surface area contributed by atoms with Crippen LogP contribution in [0.3, 0.4) is 0 Å². The number of esters is 1. The highest BCUT2D eigenvalue weighted by Crippen LogP contribution is 2.26. The maximum absolute atomic E-state index is 11.9. The average molecular weight is 275 g/mol. The molecule has 0 aromatic heterocycles. The fourth-order valence-corrected chi connectivity index (χ4v) is 2.51. The maximum atomic E-state index is 11.9. The number of nitrogens with one attached hydrogen (secondary N) is 1. The summed E-state index contributed by atoms with van der Waals surface area (Å²) in [5.41, 5.74) is 0. The van der Waals surface area contributed by atoms with Gasteiger partial charge in [0.1, 0.15) is 5.75 Å². The lowest BCUT2D eigenvalue weighted by Crippen LogP contribution is -2.37. The van der Waals surface area contributed by atoms with Crippen LogP contribution < -0.4 is 10.1 Å². The monoisotopic (exact) mass is 275 g/mol. The first-order valence-corrected chi connectivity index (χ1v) is 6.96. The number of rotatable bonds is 4. The molecule has 2 aliphatic rings. The molecule has 1 heterocycles. The number of epoxide rings is 1. The van der Waals surface area contributed by atoms with Gasteiger partial charge >= 0.3 is 5.97 Å². The first-order valence-electron chi connectivity index (χ1n) is 6.96. The van der Waals surface area contributed by atoms with Crippen molar-refractivity contribution >= 4 is 11.9 Å². The van der Waals surface area contributed by atoms with E-state index in [9.17, 15) is 9.59 Å². The van der Waals surface area contributed by atoms with E-state index in [0.29, 0.717) is 5.75 Å². The summed E-state index contributed by atoms with van der Waals surface area (Å²) in [5.74, 6) is -0.252. The van der Waals surface area contributed by atoms with Crippen LogP contribution in [-0.2, 0) is 14.3 Å². The molecule has 2 atom stereocenters. The number of ether oxygens (including phenoxy) is 2. The molecule has 1 aromatic carbocycles. The summed E-state index contributed by atoms with van der Waals surface area (Å²) >= 11 is 0. The van der Waals surface area contributed by atoms with Crippen molar-refractivity contribution in [2.45, 2.75) is 43.9 Å². The van der Waals surface area contributed by atoms with Gasteiger partial charge in [-0.3, -0.25) is 4.79 Å². The molecule has 1 N–H and O–H groups in total. The number of para-hydroxylation sites is 1. The van der Waals surface area contributed by atoms with Gasteiger partial charge in [-0.05, 0) is 25.0 Å². The third-order valence-electron chi connectivity index (χ3n) is 3.65. The number of benzene rings is 1. The van der Waals surface area contributed by atoms with Crippen molar-refractivity contribution < 1.29 is 19.1 Å². The zero-order valence-corrected chi connectivity index (χ0v) is 11.1. The third kappa shape index (κ3) is 2.99. The Morgan fingerprint density at radius 2 is 1.80 bits per heavy atom. The summed E-state index contributed by atoms with van der Waals surface area (Å²) in [4.78, 5) is 23.7. The van der Waals surface area contributed by atoms with Crippen LogP contribution in [0.25, 0.3) is 0 Å². The molecule has 0 bridgehead atoms. The van der Waals surface area contributed by atoms with Crippen LogP contribution in [-0.4, -0.2) is 30.1 Å². The van der Waals surface area contributed by atoms with Gasteiger partial charge in [0, 0.05) is 6.04 Å². The van der Waals surface area contributed by atoms with Gasteiger partial charge in [-0.15, -0.1) is 0 Å². The van der Waals surface area contributed by atoms with Crippen molar-refractivity contribution in [3.63, 3.8) is 0 Å². The topological polar surface area (TPSA) is 67.9 Å². The maximum Gasteiger partial charge on any atom is 0.344 e. The molecule has 0 radical (unpaired) electrons. The Labute approximate surface area is 117 Å². The van der Waals surface area contributed by atoms with E-state index >= 15 is 0 Å². The summed E-state index contributed by atoms with van der Waals surface area (Å²) in [5, 5.41) is 2.92. The van der Waals surface area contributed by atoms with E-state index in [1.165, 1.54) is 0 Å². The van der Waals surface area contributed by atoms with Crippen LogP contribution in [0.2, 0.25) is 0 Å². The second-order valence-electron chi connectivity index (χ2n) is 5.20. The standard InChI is InChI=1S/C15H17NO4/c17-14(16-10-6-4-5-7-10)12-13(20-12)15(18)19-11-8-2-1-3-9-11/h1-3,8-10,12-13H,4-7H2,(H,16,17). The summed E-state index contributed by atoms with van der Waals surface area (Å²) in [6.07, 6.45) is 2.87. The molecule has 20 heavy (non-hydrogen) atoms. The predicted octanol–water partition coefficient (Wildman–Crippen LogP) is 1.42. The quantitative estimate of drug-likeness (QED) is 0.512. The summed E-state index contributed by atoms with van der Waals surface area (Å²) in [6, 6.07) is 9.00. The molecule has 1 aliphatic heterocycles. The van der Waals surface area contributed by atoms with Crippen molar-refractivity contribution in [1.29, 1.82) is 0 Å². The van der Waals surface area contributed by atoms with E-state index < -0.39 is 18.2 Å². The van der Waals surface area contributed by atoms with E-state index in [-0.39, 0.29) is 11.9 Å². The Morgan fingerprint density at radius 1 is 1.10 bits per heavy atom. The number of hydrogen-bond donors (Lipinski definition) is 1. The lowest BCUT2D eigenvalue weighted by atomic mass is 10.2. The van der Waals surface area contributed by atoms with Crippen LogP contribution in [0.1, 0.15) is 25.7 Å². The Hall–Kier alpha value is -1.88. The van der Waals surface area contributed by atoms with Gasteiger partial charge in [0.15, 0.2) is 12.2 Å². The van der Waals surface area contributed by atoms with Crippen LogP contribution in [0.4, 0.5) is 0 Å². The molecule has 1 aliphatic carbocycles. The molecule has 106 valence electrons. The first-order chi connectivity index (χ1) is 9.74. The largest absolute Gasteiger partial charge is 0.425 e. The lowest BCUT2D eigenvalue weighted by molar-refractivity contribution is -0.136. The predicted molar refractivity (Wildman–Crippen MR) is 71.1 cm³/mol. The summed E-state index contributed by atoms with van der Waals surface area (Å²) in [7, 11) is 0. The van der Waals surface area contributed by atoms with Crippen LogP contribution in [0.15, 0.2) is 30.3 Å². The van der Waals surface area contributed by atoms with E-state index in [2.05, 4.69) is 5.32 Å². The SMILES string of the molecule is O=C(NC1CCCC1)C1OC1C(=O)Oc1ccccc1. The Morgan fingerprint density at radius 3 is 2.50 bits per heavy atom. The number of carbonyl (C=O) groups excluding carboxylic acids is 2. The van der Waals surface area contributed by atoms with Crippen LogP contribution in [0, 0.1) is 0 Å². The third-order valence-corrected chi connectivity index (χ3v) is 3.65. The number of hydrogen-bond acceptors (Lipinski definition) is 4. The van der Waals surface area contributed by atoms with Crippen molar-refractivity contribution in [2.75, 3.05) is 0 Å².